The van der Waals surface area contributed by atoms with Crippen molar-refractivity contribution in [2.75, 3.05) is 26.3 Å². The number of esters is 1. The molecule has 0 aliphatic carbocycles. The lowest BCUT2D eigenvalue weighted by molar-refractivity contribution is -0.144. The van der Waals surface area contributed by atoms with E-state index in [-0.39, 0.29) is 26.1 Å². The molecule has 3 N–H and O–H groups in total. The van der Waals surface area contributed by atoms with Crippen molar-refractivity contribution in [1.29, 1.82) is 0 Å². The fraction of sp³-hybridized carbons (Fsp3) is 0.520. The topological polar surface area (TPSA) is 134 Å². The number of nitrogens with zero attached hydrogens (tertiary/aromatic N) is 1. The fourth-order valence-electron chi connectivity index (χ4n) is 3.14. The summed E-state index contributed by atoms with van der Waals surface area (Å²) in [6, 6.07) is 4.55. The Kier molecular flexibility index (Phi) is 11.9. The highest BCUT2D eigenvalue weighted by atomic mass is 16.6. The number of carbonyl (C=O) groups is 4. The molecule has 0 heterocycles. The summed E-state index contributed by atoms with van der Waals surface area (Å²) in [6.45, 7) is 11.7. The number of amides is 3. The SMILES string of the molecule is C=CCN(C(=O)C(CO)NC(=O)OC(C)(C)C)C(C(=O)NCCC(=O)OCC)c1ccc(C)cc1. The van der Waals surface area contributed by atoms with E-state index in [0.29, 0.717) is 5.56 Å². The van der Waals surface area contributed by atoms with E-state index in [0.717, 1.165) is 5.56 Å². The molecule has 0 spiro atoms. The van der Waals surface area contributed by atoms with Gasteiger partial charge in [-0.25, -0.2) is 4.79 Å². The van der Waals surface area contributed by atoms with Gasteiger partial charge in [-0.15, -0.1) is 6.58 Å². The molecule has 10 nitrogen and oxygen atoms in total. The third kappa shape index (κ3) is 10.2. The number of alkyl carbamates (subject to hydrolysis) is 1. The van der Waals surface area contributed by atoms with Crippen LogP contribution in [0.2, 0.25) is 0 Å². The lowest BCUT2D eigenvalue weighted by Gasteiger charge is -2.33. The van der Waals surface area contributed by atoms with Crippen LogP contribution in [0, 0.1) is 6.92 Å². The number of aryl methyl sites for hydroxylation is 1. The van der Waals surface area contributed by atoms with Crippen LogP contribution in [0.25, 0.3) is 0 Å². The highest BCUT2D eigenvalue weighted by molar-refractivity contribution is 5.92. The number of aliphatic hydroxyl groups is 1. The van der Waals surface area contributed by atoms with E-state index in [1.807, 2.05) is 6.92 Å². The molecule has 3 amide bonds. The smallest absolute Gasteiger partial charge is 0.408 e. The van der Waals surface area contributed by atoms with E-state index in [9.17, 15) is 24.3 Å². The van der Waals surface area contributed by atoms with Gasteiger partial charge in [-0.2, -0.15) is 0 Å². The standard InChI is InChI=1S/C25H37N3O7/c1-7-15-28(23(32)19(16-29)27-24(33)35-25(4,5)6)21(18-11-9-17(3)10-12-18)22(31)26-14-13-20(30)34-8-2/h7,9-12,19,21,29H,1,8,13-16H2,2-6H3,(H,26,31)(H,27,33). The highest BCUT2D eigenvalue weighted by Crippen LogP contribution is 2.23. The predicted octanol–water partition coefficient (Wildman–Crippen LogP) is 2.01. The lowest BCUT2D eigenvalue weighted by atomic mass is 10.0. The molecule has 0 fully saturated rings. The number of rotatable bonds is 12. The number of benzene rings is 1. The number of aliphatic hydroxyl groups excluding tert-OH is 1. The number of ether oxygens (including phenoxy) is 2. The van der Waals surface area contributed by atoms with E-state index in [4.69, 9.17) is 9.47 Å². The molecule has 0 saturated heterocycles. The third-order valence-corrected chi connectivity index (χ3v) is 4.67. The van der Waals surface area contributed by atoms with Crippen LogP contribution < -0.4 is 10.6 Å². The summed E-state index contributed by atoms with van der Waals surface area (Å²) in [6.07, 6.45) is 0.524. The van der Waals surface area contributed by atoms with Crippen molar-refractivity contribution >= 4 is 23.9 Å². The molecule has 0 aliphatic rings. The molecule has 10 heteroatoms. The van der Waals surface area contributed by atoms with E-state index in [1.165, 1.54) is 11.0 Å². The van der Waals surface area contributed by atoms with Crippen molar-refractivity contribution in [3.05, 3.63) is 48.0 Å². The van der Waals surface area contributed by atoms with Gasteiger partial charge in [-0.3, -0.25) is 14.4 Å². The van der Waals surface area contributed by atoms with E-state index in [2.05, 4.69) is 17.2 Å². The molecule has 1 aromatic carbocycles. The zero-order valence-corrected chi connectivity index (χ0v) is 21.1. The molecule has 2 unspecified atom stereocenters. The Morgan fingerprint density at radius 3 is 2.31 bits per heavy atom. The van der Waals surface area contributed by atoms with Crippen LogP contribution in [-0.4, -0.2) is 71.8 Å². The summed E-state index contributed by atoms with van der Waals surface area (Å²) in [7, 11) is 0. The van der Waals surface area contributed by atoms with Crippen LogP contribution in [0.15, 0.2) is 36.9 Å². The minimum absolute atomic E-state index is 0.00966. The first kappa shape index (κ1) is 29.6. The van der Waals surface area contributed by atoms with Gasteiger partial charge in [-0.05, 0) is 40.2 Å². The second-order valence-corrected chi connectivity index (χ2v) is 8.82. The summed E-state index contributed by atoms with van der Waals surface area (Å²) >= 11 is 0. The Morgan fingerprint density at radius 1 is 1.17 bits per heavy atom. The second-order valence-electron chi connectivity index (χ2n) is 8.82. The van der Waals surface area contributed by atoms with Gasteiger partial charge in [0.05, 0.1) is 19.6 Å². The van der Waals surface area contributed by atoms with Crippen molar-refractivity contribution in [2.24, 2.45) is 0 Å². The lowest BCUT2D eigenvalue weighted by Crippen LogP contribution is -2.54. The predicted molar refractivity (Wildman–Crippen MR) is 130 cm³/mol. The van der Waals surface area contributed by atoms with Crippen molar-refractivity contribution in [2.45, 2.75) is 58.7 Å². The maximum absolute atomic E-state index is 13.4. The van der Waals surface area contributed by atoms with Gasteiger partial charge in [0.15, 0.2) is 0 Å². The quantitative estimate of drug-likeness (QED) is 0.301. The van der Waals surface area contributed by atoms with Crippen LogP contribution in [0.1, 0.15) is 51.3 Å². The zero-order valence-electron chi connectivity index (χ0n) is 21.1. The average molecular weight is 492 g/mol. The van der Waals surface area contributed by atoms with Crippen LogP contribution in [0.3, 0.4) is 0 Å². The molecule has 1 rings (SSSR count). The highest BCUT2D eigenvalue weighted by Gasteiger charge is 2.35. The van der Waals surface area contributed by atoms with E-state index in [1.54, 1.807) is 52.0 Å². The minimum atomic E-state index is -1.36. The van der Waals surface area contributed by atoms with Gasteiger partial charge < -0.3 is 30.1 Å². The Balaban J connectivity index is 3.22. The summed E-state index contributed by atoms with van der Waals surface area (Å²) in [4.78, 5) is 51.7. The van der Waals surface area contributed by atoms with Gasteiger partial charge >= 0.3 is 12.1 Å². The van der Waals surface area contributed by atoms with E-state index >= 15 is 0 Å². The summed E-state index contributed by atoms with van der Waals surface area (Å²) in [5.74, 6) is -1.70. The van der Waals surface area contributed by atoms with Crippen LogP contribution in [-0.2, 0) is 23.9 Å². The largest absolute Gasteiger partial charge is 0.466 e. The monoisotopic (exact) mass is 491 g/mol. The van der Waals surface area contributed by atoms with Crippen molar-refractivity contribution in [1.82, 2.24) is 15.5 Å². The summed E-state index contributed by atoms with van der Waals surface area (Å²) in [5, 5.41) is 14.9. The maximum Gasteiger partial charge on any atom is 0.408 e. The Labute approximate surface area is 206 Å². The molecule has 1 aromatic rings. The molecule has 0 aliphatic heterocycles. The van der Waals surface area contributed by atoms with Crippen molar-refractivity contribution in [3.63, 3.8) is 0 Å². The van der Waals surface area contributed by atoms with Crippen molar-refractivity contribution < 1.29 is 33.8 Å². The molecule has 0 radical (unpaired) electrons. The Hall–Kier alpha value is -3.40. The molecular formula is C25H37N3O7. The molecule has 194 valence electrons. The molecular weight excluding hydrogens is 454 g/mol. The number of carbonyl (C=O) groups excluding carboxylic acids is 4. The maximum atomic E-state index is 13.4. The number of nitrogens with one attached hydrogen (secondary N) is 2. The first-order chi connectivity index (χ1) is 16.4. The van der Waals surface area contributed by atoms with Crippen LogP contribution in [0.4, 0.5) is 4.79 Å². The Morgan fingerprint density at radius 2 is 1.80 bits per heavy atom. The molecule has 0 aromatic heterocycles. The molecule has 35 heavy (non-hydrogen) atoms. The Bertz CT molecular complexity index is 878. The molecule has 0 bridgehead atoms. The summed E-state index contributed by atoms with van der Waals surface area (Å²) in [5.41, 5.74) is 0.655. The van der Waals surface area contributed by atoms with Gasteiger partial charge in [0.25, 0.3) is 0 Å². The van der Waals surface area contributed by atoms with Crippen molar-refractivity contribution in [3.8, 4) is 0 Å². The van der Waals surface area contributed by atoms with Crippen LogP contribution in [0.5, 0.6) is 0 Å². The first-order valence-electron chi connectivity index (χ1n) is 11.4. The second kappa shape index (κ2) is 14.1. The van der Waals surface area contributed by atoms with Gasteiger partial charge in [0.2, 0.25) is 11.8 Å². The van der Waals surface area contributed by atoms with E-state index < -0.39 is 48.2 Å². The number of hydrogen-bond acceptors (Lipinski definition) is 7. The first-order valence-corrected chi connectivity index (χ1v) is 11.4. The van der Waals surface area contributed by atoms with Gasteiger partial charge in [-0.1, -0.05) is 35.9 Å². The number of hydrogen-bond donors (Lipinski definition) is 3. The normalized spacial score (nSPS) is 12.6. The zero-order chi connectivity index (χ0) is 26.6. The fourth-order valence-corrected chi connectivity index (χ4v) is 3.14. The summed E-state index contributed by atoms with van der Waals surface area (Å²) < 4.78 is 10.1. The van der Waals surface area contributed by atoms with Crippen LogP contribution >= 0.6 is 0 Å². The average Bonchev–Trinajstić information content (AvgIpc) is 2.77. The molecule has 2 atom stereocenters. The minimum Gasteiger partial charge on any atom is -0.466 e. The van der Waals surface area contributed by atoms with Gasteiger partial charge in [0.1, 0.15) is 17.7 Å². The third-order valence-electron chi connectivity index (χ3n) is 4.67. The van der Waals surface area contributed by atoms with Gasteiger partial charge in [0, 0.05) is 13.1 Å². The molecule has 0 saturated carbocycles.